The number of alkyl halides is 2. The van der Waals surface area contributed by atoms with E-state index in [-0.39, 0.29) is 17.1 Å². The zero-order valence-corrected chi connectivity index (χ0v) is 23.5. The number of fused-ring (bicyclic) bond motifs is 5. The number of carbonyl (C=O) groups is 2. The van der Waals surface area contributed by atoms with Gasteiger partial charge in [0.1, 0.15) is 0 Å². The minimum Gasteiger partial charge on any atom is -0.464 e. The van der Waals surface area contributed by atoms with Crippen LogP contribution in [0.5, 0.6) is 5.19 Å². The molecule has 6 nitrogen and oxygen atoms in total. The van der Waals surface area contributed by atoms with Crippen LogP contribution in [0.15, 0.2) is 18.2 Å². The van der Waals surface area contributed by atoms with Crippen molar-refractivity contribution in [1.82, 2.24) is 14.8 Å². The number of Topliss-reactive ketones (excluding diaryl/α,β-unsaturated/α-hetero) is 1. The molecule has 1 aromatic carbocycles. The fourth-order valence-corrected chi connectivity index (χ4v) is 8.30. The molecule has 3 aliphatic carbocycles. The monoisotopic (exact) mass is 557 g/mol. The van der Waals surface area contributed by atoms with Crippen LogP contribution < -0.4 is 4.74 Å². The van der Waals surface area contributed by atoms with E-state index in [1.807, 2.05) is 18.2 Å². The molecule has 0 atom stereocenters. The topological polar surface area (TPSA) is 62.7 Å². The van der Waals surface area contributed by atoms with Crippen LogP contribution in [0.25, 0.3) is 0 Å². The van der Waals surface area contributed by atoms with Crippen molar-refractivity contribution >= 4 is 23.0 Å². The highest BCUT2D eigenvalue weighted by atomic mass is 32.1. The van der Waals surface area contributed by atoms with Gasteiger partial charge in [0.15, 0.2) is 12.4 Å². The maximum Gasteiger partial charge on any atom is 0.273 e. The van der Waals surface area contributed by atoms with E-state index >= 15 is 0 Å². The number of hydrogen-bond donors (Lipinski definition) is 0. The second kappa shape index (κ2) is 10.5. The first-order chi connectivity index (χ1) is 18.7. The summed E-state index contributed by atoms with van der Waals surface area (Å²) in [6.45, 7) is 2.92. The van der Waals surface area contributed by atoms with E-state index in [0.717, 1.165) is 68.6 Å². The van der Waals surface area contributed by atoms with Crippen molar-refractivity contribution in [3.8, 4) is 5.19 Å². The molecule has 5 aliphatic rings. The average Bonchev–Trinajstić information content (AvgIpc) is 3.40. The number of nitrogens with zero attached hydrogens (tertiary/aromatic N) is 3. The minimum absolute atomic E-state index is 0.0119. The van der Waals surface area contributed by atoms with Gasteiger partial charge in [-0.1, -0.05) is 23.5 Å². The molecule has 210 valence electrons. The average molecular weight is 558 g/mol. The molecule has 2 aromatic rings. The molecule has 7 rings (SSSR count). The van der Waals surface area contributed by atoms with Gasteiger partial charge in [0, 0.05) is 55.5 Å². The first kappa shape index (κ1) is 26.8. The van der Waals surface area contributed by atoms with Crippen molar-refractivity contribution in [3.63, 3.8) is 0 Å². The quantitative estimate of drug-likeness (QED) is 0.366. The highest BCUT2D eigenvalue weighted by molar-refractivity contribution is 7.13. The third-order valence-electron chi connectivity index (χ3n) is 9.91. The molecule has 0 N–H and O–H groups in total. The van der Waals surface area contributed by atoms with Crippen LogP contribution in [0, 0.1) is 10.8 Å². The van der Waals surface area contributed by atoms with Crippen molar-refractivity contribution in [2.24, 2.45) is 10.8 Å². The van der Waals surface area contributed by atoms with Gasteiger partial charge >= 0.3 is 0 Å². The summed E-state index contributed by atoms with van der Waals surface area (Å²) >= 11 is 1.42. The lowest BCUT2D eigenvalue weighted by molar-refractivity contribution is -0.0206. The van der Waals surface area contributed by atoms with E-state index in [1.165, 1.54) is 41.9 Å². The second-order valence-corrected chi connectivity index (χ2v) is 13.3. The molecule has 0 unspecified atom stereocenters. The smallest absolute Gasteiger partial charge is 0.273 e. The molecule has 3 fully saturated rings. The van der Waals surface area contributed by atoms with Crippen LogP contribution in [0.3, 0.4) is 0 Å². The van der Waals surface area contributed by atoms with Gasteiger partial charge in [0.05, 0.1) is 5.69 Å². The SMILES string of the molecule is CN1Cc2c(C(=O)CC34CCC(CCN5CCc6nc(OCC(F)F)sc6CC5)(CC3)CC4)cccc2C1=O. The van der Waals surface area contributed by atoms with Crippen LogP contribution in [0.4, 0.5) is 8.78 Å². The number of benzene rings is 1. The van der Waals surface area contributed by atoms with E-state index in [1.54, 1.807) is 11.9 Å². The summed E-state index contributed by atoms with van der Waals surface area (Å²) in [7, 11) is 1.80. The molecular formula is C30H37F2N3O3S. The Morgan fingerprint density at radius 1 is 1.10 bits per heavy atom. The van der Waals surface area contributed by atoms with Gasteiger partial charge in [-0.3, -0.25) is 9.59 Å². The lowest BCUT2D eigenvalue weighted by Gasteiger charge is -2.54. The number of hydrogen-bond acceptors (Lipinski definition) is 6. The Kier molecular flexibility index (Phi) is 7.25. The fraction of sp³-hybridized carbons (Fsp3) is 0.633. The number of halogens is 2. The Bertz CT molecular complexity index is 1210. The highest BCUT2D eigenvalue weighted by Crippen LogP contribution is 2.60. The van der Waals surface area contributed by atoms with Crippen LogP contribution >= 0.6 is 11.3 Å². The maximum atomic E-state index is 13.5. The standard InChI is InChI=1S/C30H37F2N3O3S/c1-34-18-22-20(3-2-4-21(22)27(34)37)24(36)17-30-10-7-29(8-11-30,9-12-30)13-16-35-14-5-23-25(6-15-35)39-28(33-23)38-19-26(31)32/h2-4,26H,5-19H2,1H3. The predicted octanol–water partition coefficient (Wildman–Crippen LogP) is 5.78. The van der Waals surface area contributed by atoms with E-state index in [2.05, 4.69) is 9.88 Å². The third-order valence-corrected chi connectivity index (χ3v) is 11.0. The number of carbonyl (C=O) groups excluding carboxylic acids is 2. The predicted molar refractivity (Wildman–Crippen MR) is 146 cm³/mol. The molecule has 1 aromatic heterocycles. The van der Waals surface area contributed by atoms with Crippen LogP contribution in [0.1, 0.15) is 88.2 Å². The molecule has 0 radical (unpaired) electrons. The Labute approximate surface area is 232 Å². The summed E-state index contributed by atoms with van der Waals surface area (Å²) in [6.07, 6.45) is 8.00. The Hall–Kier alpha value is -2.39. The Morgan fingerprint density at radius 3 is 2.56 bits per heavy atom. The van der Waals surface area contributed by atoms with Gasteiger partial charge < -0.3 is 14.5 Å². The number of ether oxygens (including phenoxy) is 1. The largest absolute Gasteiger partial charge is 0.464 e. The first-order valence-electron chi connectivity index (χ1n) is 14.3. The lowest BCUT2D eigenvalue weighted by atomic mass is 9.51. The molecule has 1 amide bonds. The van der Waals surface area contributed by atoms with E-state index in [4.69, 9.17) is 4.74 Å². The van der Waals surface area contributed by atoms with E-state index in [9.17, 15) is 18.4 Å². The van der Waals surface area contributed by atoms with Crippen LogP contribution in [-0.2, 0) is 19.4 Å². The molecule has 9 heteroatoms. The van der Waals surface area contributed by atoms with E-state index in [0.29, 0.717) is 29.1 Å². The van der Waals surface area contributed by atoms with E-state index < -0.39 is 13.0 Å². The highest BCUT2D eigenvalue weighted by Gasteiger charge is 2.49. The zero-order valence-electron chi connectivity index (χ0n) is 22.6. The number of ketones is 1. The molecular weight excluding hydrogens is 520 g/mol. The van der Waals surface area contributed by atoms with Crippen molar-refractivity contribution in [1.29, 1.82) is 0 Å². The summed E-state index contributed by atoms with van der Waals surface area (Å²) in [4.78, 5) is 35.8. The molecule has 39 heavy (non-hydrogen) atoms. The lowest BCUT2D eigenvalue weighted by Crippen LogP contribution is -2.44. The van der Waals surface area contributed by atoms with Gasteiger partial charge in [-0.25, -0.2) is 13.8 Å². The van der Waals surface area contributed by atoms with Gasteiger partial charge in [-0.05, 0) is 80.4 Å². The maximum absolute atomic E-state index is 13.5. The van der Waals surface area contributed by atoms with Crippen molar-refractivity contribution < 1.29 is 23.1 Å². The molecule has 0 spiro atoms. The van der Waals surface area contributed by atoms with Crippen molar-refractivity contribution in [2.75, 3.05) is 33.3 Å². The van der Waals surface area contributed by atoms with Crippen molar-refractivity contribution in [3.05, 3.63) is 45.5 Å². The van der Waals surface area contributed by atoms with Gasteiger partial charge in [-0.15, -0.1) is 0 Å². The second-order valence-electron chi connectivity index (χ2n) is 12.2. The number of rotatable bonds is 9. The summed E-state index contributed by atoms with van der Waals surface area (Å²) < 4.78 is 30.0. The Morgan fingerprint density at radius 2 is 1.82 bits per heavy atom. The Balaban J connectivity index is 1.01. The van der Waals surface area contributed by atoms with Gasteiger partial charge in [0.25, 0.3) is 17.5 Å². The first-order valence-corrected chi connectivity index (χ1v) is 15.1. The summed E-state index contributed by atoms with van der Waals surface area (Å²) in [5.41, 5.74) is 3.86. The number of aromatic nitrogens is 1. The summed E-state index contributed by atoms with van der Waals surface area (Å²) in [6, 6.07) is 5.60. The van der Waals surface area contributed by atoms with Crippen molar-refractivity contribution in [2.45, 2.75) is 77.2 Å². The molecule has 3 saturated carbocycles. The number of thiazole rings is 1. The molecule has 2 bridgehead atoms. The minimum atomic E-state index is -2.48. The van der Waals surface area contributed by atoms with Gasteiger partial charge in [0.2, 0.25) is 0 Å². The summed E-state index contributed by atoms with van der Waals surface area (Å²) in [5.74, 6) is 0.218. The van der Waals surface area contributed by atoms with Crippen LogP contribution in [-0.4, -0.2) is 66.2 Å². The van der Waals surface area contributed by atoms with Gasteiger partial charge in [-0.2, -0.15) is 0 Å². The third kappa shape index (κ3) is 5.36. The summed E-state index contributed by atoms with van der Waals surface area (Å²) in [5, 5.41) is 0.372. The number of amides is 1. The van der Waals surface area contributed by atoms with Crippen LogP contribution in [0.2, 0.25) is 0 Å². The molecule has 3 heterocycles. The fourth-order valence-electron chi connectivity index (χ4n) is 7.35. The normalized spacial score (nSPS) is 26.6. The zero-order chi connectivity index (χ0) is 27.2. The molecule has 0 saturated heterocycles. The molecule has 2 aliphatic heterocycles.